The fourth-order valence-corrected chi connectivity index (χ4v) is 1.81. The molecule has 0 unspecified atom stereocenters. The SMILES string of the molecule is NC(=O)CCCNC(=O)c1ccn(-c2cccc(N)c2)n1. The molecule has 0 atom stereocenters. The van der Waals surface area contributed by atoms with Crippen molar-refractivity contribution >= 4 is 17.5 Å². The normalized spacial score (nSPS) is 10.3. The van der Waals surface area contributed by atoms with Crippen LogP contribution in [0.2, 0.25) is 0 Å². The molecule has 2 amide bonds. The molecule has 110 valence electrons. The van der Waals surface area contributed by atoms with Gasteiger partial charge in [0.1, 0.15) is 0 Å². The van der Waals surface area contributed by atoms with Crippen molar-refractivity contribution in [2.24, 2.45) is 5.73 Å². The van der Waals surface area contributed by atoms with E-state index in [0.717, 1.165) is 5.69 Å². The number of hydrogen-bond acceptors (Lipinski definition) is 4. The number of aromatic nitrogens is 2. The van der Waals surface area contributed by atoms with Gasteiger partial charge in [0.25, 0.3) is 5.91 Å². The van der Waals surface area contributed by atoms with E-state index >= 15 is 0 Å². The lowest BCUT2D eigenvalue weighted by Gasteiger charge is -2.03. The molecule has 21 heavy (non-hydrogen) atoms. The van der Waals surface area contributed by atoms with Crippen molar-refractivity contribution in [3.63, 3.8) is 0 Å². The summed E-state index contributed by atoms with van der Waals surface area (Å²) < 4.78 is 1.58. The Morgan fingerprint density at radius 2 is 2.10 bits per heavy atom. The van der Waals surface area contributed by atoms with Crippen LogP contribution in [0.25, 0.3) is 5.69 Å². The summed E-state index contributed by atoms with van der Waals surface area (Å²) in [5.74, 6) is -0.669. The van der Waals surface area contributed by atoms with Crippen LogP contribution in [0.3, 0.4) is 0 Å². The number of benzene rings is 1. The Morgan fingerprint density at radius 3 is 2.81 bits per heavy atom. The zero-order valence-corrected chi connectivity index (χ0v) is 11.5. The van der Waals surface area contributed by atoms with E-state index in [0.29, 0.717) is 24.3 Å². The molecule has 0 radical (unpaired) electrons. The number of nitrogens with one attached hydrogen (secondary N) is 1. The molecule has 1 aromatic carbocycles. The second kappa shape index (κ2) is 6.56. The third-order valence-corrected chi connectivity index (χ3v) is 2.84. The molecule has 2 aromatic rings. The average Bonchev–Trinajstić information content (AvgIpc) is 2.93. The Kier molecular flexibility index (Phi) is 4.55. The predicted octanol–water partition coefficient (Wildman–Crippen LogP) is 0.450. The first-order chi connectivity index (χ1) is 10.1. The minimum atomic E-state index is -0.379. The number of primary amides is 1. The first-order valence-electron chi connectivity index (χ1n) is 6.54. The van der Waals surface area contributed by atoms with Gasteiger partial charge >= 0.3 is 0 Å². The van der Waals surface area contributed by atoms with Crippen LogP contribution in [0.5, 0.6) is 0 Å². The summed E-state index contributed by atoms with van der Waals surface area (Å²) in [6.45, 7) is 0.382. The van der Waals surface area contributed by atoms with E-state index in [1.807, 2.05) is 12.1 Å². The molecule has 1 heterocycles. The monoisotopic (exact) mass is 287 g/mol. The smallest absolute Gasteiger partial charge is 0.271 e. The Morgan fingerprint density at radius 1 is 1.29 bits per heavy atom. The number of nitrogen functional groups attached to an aromatic ring is 1. The summed E-state index contributed by atoms with van der Waals surface area (Å²) >= 11 is 0. The molecule has 0 aliphatic rings. The molecule has 0 aliphatic carbocycles. The maximum atomic E-state index is 11.9. The number of anilines is 1. The third kappa shape index (κ3) is 4.07. The molecule has 0 bridgehead atoms. The van der Waals surface area contributed by atoms with Crippen LogP contribution in [-0.4, -0.2) is 28.1 Å². The lowest BCUT2D eigenvalue weighted by molar-refractivity contribution is -0.118. The molecule has 0 aliphatic heterocycles. The molecule has 0 saturated heterocycles. The van der Waals surface area contributed by atoms with Crippen LogP contribution in [0.15, 0.2) is 36.5 Å². The van der Waals surface area contributed by atoms with Crippen molar-refractivity contribution in [1.82, 2.24) is 15.1 Å². The van der Waals surface area contributed by atoms with E-state index < -0.39 is 0 Å². The van der Waals surface area contributed by atoms with E-state index in [-0.39, 0.29) is 18.2 Å². The van der Waals surface area contributed by atoms with Crippen molar-refractivity contribution in [2.45, 2.75) is 12.8 Å². The van der Waals surface area contributed by atoms with Gasteiger partial charge in [-0.3, -0.25) is 9.59 Å². The average molecular weight is 287 g/mol. The zero-order chi connectivity index (χ0) is 15.2. The minimum absolute atomic E-state index is 0.248. The fraction of sp³-hybridized carbons (Fsp3) is 0.214. The van der Waals surface area contributed by atoms with Gasteiger partial charge in [-0.2, -0.15) is 5.10 Å². The van der Waals surface area contributed by atoms with Crippen LogP contribution in [-0.2, 0) is 4.79 Å². The molecular weight excluding hydrogens is 270 g/mol. The lowest BCUT2D eigenvalue weighted by atomic mass is 10.3. The first-order valence-corrected chi connectivity index (χ1v) is 6.54. The van der Waals surface area contributed by atoms with Crippen LogP contribution >= 0.6 is 0 Å². The summed E-state index contributed by atoms with van der Waals surface area (Å²) in [6, 6.07) is 8.82. The highest BCUT2D eigenvalue weighted by molar-refractivity contribution is 5.92. The Balaban J connectivity index is 1.96. The van der Waals surface area contributed by atoms with Gasteiger partial charge in [0, 0.05) is 24.8 Å². The highest BCUT2D eigenvalue weighted by Gasteiger charge is 2.09. The summed E-state index contributed by atoms with van der Waals surface area (Å²) in [5.41, 5.74) is 12.4. The molecular formula is C14H17N5O2. The van der Waals surface area contributed by atoms with Gasteiger partial charge in [-0.1, -0.05) is 6.07 Å². The van der Waals surface area contributed by atoms with Crippen LogP contribution in [0, 0.1) is 0 Å². The van der Waals surface area contributed by atoms with Gasteiger partial charge in [-0.05, 0) is 30.7 Å². The lowest BCUT2D eigenvalue weighted by Crippen LogP contribution is -2.26. The van der Waals surface area contributed by atoms with Crippen molar-refractivity contribution in [2.75, 3.05) is 12.3 Å². The van der Waals surface area contributed by atoms with Gasteiger partial charge in [0.05, 0.1) is 5.69 Å². The summed E-state index contributed by atoms with van der Waals surface area (Å²) in [6.07, 6.45) is 2.45. The summed E-state index contributed by atoms with van der Waals surface area (Å²) in [5, 5.41) is 6.88. The molecule has 0 saturated carbocycles. The quantitative estimate of drug-likeness (QED) is 0.528. The van der Waals surface area contributed by atoms with E-state index in [4.69, 9.17) is 11.5 Å². The van der Waals surface area contributed by atoms with E-state index in [9.17, 15) is 9.59 Å². The molecule has 5 N–H and O–H groups in total. The standard InChI is InChI=1S/C14H17N5O2/c15-10-3-1-4-11(9-10)19-8-6-12(18-19)14(21)17-7-2-5-13(16)20/h1,3-4,6,8-9H,2,5,7,15H2,(H2,16,20)(H,17,21). The van der Waals surface area contributed by atoms with Crippen LogP contribution < -0.4 is 16.8 Å². The minimum Gasteiger partial charge on any atom is -0.399 e. The van der Waals surface area contributed by atoms with Gasteiger partial charge in [0.15, 0.2) is 5.69 Å². The maximum absolute atomic E-state index is 11.9. The van der Waals surface area contributed by atoms with Crippen LogP contribution in [0.4, 0.5) is 5.69 Å². The highest BCUT2D eigenvalue weighted by atomic mass is 16.2. The second-order valence-corrected chi connectivity index (χ2v) is 4.57. The molecule has 0 fully saturated rings. The maximum Gasteiger partial charge on any atom is 0.271 e. The van der Waals surface area contributed by atoms with E-state index in [2.05, 4.69) is 10.4 Å². The van der Waals surface area contributed by atoms with E-state index in [1.54, 1.807) is 29.1 Å². The molecule has 2 rings (SSSR count). The highest BCUT2D eigenvalue weighted by Crippen LogP contribution is 2.11. The largest absolute Gasteiger partial charge is 0.399 e. The number of hydrogen-bond donors (Lipinski definition) is 3. The number of amides is 2. The fourth-order valence-electron chi connectivity index (χ4n) is 1.81. The number of carbonyl (C=O) groups excluding carboxylic acids is 2. The van der Waals surface area contributed by atoms with Crippen molar-refractivity contribution in [3.05, 3.63) is 42.2 Å². The van der Waals surface area contributed by atoms with Crippen molar-refractivity contribution < 1.29 is 9.59 Å². The number of rotatable bonds is 6. The summed E-state index contributed by atoms with van der Waals surface area (Å²) in [4.78, 5) is 22.5. The molecule has 7 heteroatoms. The Bertz CT molecular complexity index is 650. The zero-order valence-electron chi connectivity index (χ0n) is 11.5. The number of nitrogens with zero attached hydrogens (tertiary/aromatic N) is 2. The predicted molar refractivity (Wildman–Crippen MR) is 78.7 cm³/mol. The Hall–Kier alpha value is -2.83. The Labute approximate surface area is 121 Å². The van der Waals surface area contributed by atoms with Crippen molar-refractivity contribution in [3.8, 4) is 5.69 Å². The van der Waals surface area contributed by atoms with Gasteiger partial charge in [-0.15, -0.1) is 0 Å². The topological polar surface area (TPSA) is 116 Å². The third-order valence-electron chi connectivity index (χ3n) is 2.84. The van der Waals surface area contributed by atoms with Gasteiger partial charge in [-0.25, -0.2) is 4.68 Å². The first kappa shape index (κ1) is 14.6. The van der Waals surface area contributed by atoms with E-state index in [1.165, 1.54) is 0 Å². The summed E-state index contributed by atoms with van der Waals surface area (Å²) in [7, 11) is 0. The van der Waals surface area contributed by atoms with Crippen molar-refractivity contribution in [1.29, 1.82) is 0 Å². The van der Waals surface area contributed by atoms with Gasteiger partial charge < -0.3 is 16.8 Å². The molecule has 0 spiro atoms. The number of nitrogens with two attached hydrogens (primary N) is 2. The number of carbonyl (C=O) groups is 2. The van der Waals surface area contributed by atoms with Crippen LogP contribution in [0.1, 0.15) is 23.3 Å². The van der Waals surface area contributed by atoms with Gasteiger partial charge in [0.2, 0.25) is 5.91 Å². The molecule has 7 nitrogen and oxygen atoms in total. The second-order valence-electron chi connectivity index (χ2n) is 4.57. The molecule has 1 aromatic heterocycles.